The van der Waals surface area contributed by atoms with Gasteiger partial charge in [0, 0.05) is 10.6 Å². The summed E-state index contributed by atoms with van der Waals surface area (Å²) in [5.41, 5.74) is 2.02. The predicted molar refractivity (Wildman–Crippen MR) is 47.5 cm³/mol. The number of benzene rings is 1. The highest BCUT2D eigenvalue weighted by Gasteiger charge is 2.30. The molecule has 0 saturated heterocycles. The van der Waals surface area contributed by atoms with Crippen LogP contribution in [-0.2, 0) is 0 Å². The van der Waals surface area contributed by atoms with Gasteiger partial charge in [0.05, 0.1) is 0 Å². The summed E-state index contributed by atoms with van der Waals surface area (Å²) in [5.74, 6) is 0. The molecule has 72 valence electrons. The minimum absolute atomic E-state index is 0.0625. The van der Waals surface area contributed by atoms with Gasteiger partial charge in [-0.2, -0.15) is 13.2 Å². The Kier molecular flexibility index (Phi) is 2.75. The molecule has 0 spiro atoms. The zero-order chi connectivity index (χ0) is 10.1. The second-order valence-corrected chi connectivity index (χ2v) is 3.70. The molecule has 0 amide bonds. The maximum Gasteiger partial charge on any atom is 0.446 e. The van der Waals surface area contributed by atoms with Crippen LogP contribution in [0.2, 0.25) is 0 Å². The molecular formula is C8H8F3NS. The van der Waals surface area contributed by atoms with E-state index in [1.807, 2.05) is 0 Å². The normalized spacial score (nSPS) is 11.7. The van der Waals surface area contributed by atoms with Crippen molar-refractivity contribution in [2.75, 3.05) is 5.73 Å². The van der Waals surface area contributed by atoms with E-state index in [2.05, 4.69) is 0 Å². The number of rotatable bonds is 1. The largest absolute Gasteiger partial charge is 0.446 e. The van der Waals surface area contributed by atoms with Crippen LogP contribution in [0.15, 0.2) is 23.1 Å². The van der Waals surface area contributed by atoms with E-state index >= 15 is 0 Å². The first-order chi connectivity index (χ1) is 5.88. The predicted octanol–water partition coefficient (Wildman–Crippen LogP) is 3.19. The zero-order valence-corrected chi connectivity index (χ0v) is 7.67. The fourth-order valence-electron chi connectivity index (χ4n) is 0.855. The first-order valence-electron chi connectivity index (χ1n) is 3.50. The Balaban J connectivity index is 2.94. The van der Waals surface area contributed by atoms with Crippen molar-refractivity contribution >= 4 is 17.4 Å². The third-order valence-electron chi connectivity index (χ3n) is 1.39. The second kappa shape index (κ2) is 3.49. The van der Waals surface area contributed by atoms with Crippen LogP contribution >= 0.6 is 11.8 Å². The SMILES string of the molecule is Cc1ccc(N)c(SC(F)(F)F)c1. The Labute approximate surface area is 78.1 Å². The number of aryl methyl sites for hydroxylation is 1. The molecule has 13 heavy (non-hydrogen) atoms. The van der Waals surface area contributed by atoms with Gasteiger partial charge in [0.2, 0.25) is 0 Å². The summed E-state index contributed by atoms with van der Waals surface area (Å²) in [4.78, 5) is 0.0625. The van der Waals surface area contributed by atoms with Gasteiger partial charge < -0.3 is 5.73 Å². The van der Waals surface area contributed by atoms with Crippen molar-refractivity contribution in [2.45, 2.75) is 17.3 Å². The molecule has 0 aliphatic rings. The molecule has 0 fully saturated rings. The minimum Gasteiger partial charge on any atom is -0.398 e. The molecule has 0 radical (unpaired) electrons. The summed E-state index contributed by atoms with van der Waals surface area (Å²) in [6.07, 6.45) is 0. The number of halogens is 3. The van der Waals surface area contributed by atoms with E-state index in [4.69, 9.17) is 5.73 Å². The van der Waals surface area contributed by atoms with Crippen molar-refractivity contribution < 1.29 is 13.2 Å². The van der Waals surface area contributed by atoms with Gasteiger partial charge in [0.25, 0.3) is 0 Å². The molecule has 0 saturated carbocycles. The fraction of sp³-hybridized carbons (Fsp3) is 0.250. The van der Waals surface area contributed by atoms with Crippen molar-refractivity contribution in [3.8, 4) is 0 Å². The Hall–Kier alpha value is -0.840. The lowest BCUT2D eigenvalue weighted by atomic mass is 10.2. The highest BCUT2D eigenvalue weighted by atomic mass is 32.2. The van der Waals surface area contributed by atoms with E-state index in [0.29, 0.717) is 0 Å². The molecule has 0 unspecified atom stereocenters. The van der Waals surface area contributed by atoms with E-state index in [1.165, 1.54) is 12.1 Å². The van der Waals surface area contributed by atoms with Crippen LogP contribution in [0.1, 0.15) is 5.56 Å². The van der Waals surface area contributed by atoms with Crippen LogP contribution in [0.3, 0.4) is 0 Å². The summed E-state index contributed by atoms with van der Waals surface area (Å²) >= 11 is -0.183. The van der Waals surface area contributed by atoms with Gasteiger partial charge in [-0.15, -0.1) is 0 Å². The van der Waals surface area contributed by atoms with E-state index in [0.717, 1.165) is 5.56 Å². The van der Waals surface area contributed by atoms with Gasteiger partial charge in [0.1, 0.15) is 0 Å². The van der Waals surface area contributed by atoms with Crippen LogP contribution in [0.4, 0.5) is 18.9 Å². The monoisotopic (exact) mass is 207 g/mol. The molecule has 0 aliphatic heterocycles. The molecule has 1 aromatic rings. The number of nitrogen functional groups attached to an aromatic ring is 1. The molecule has 5 heteroatoms. The summed E-state index contributed by atoms with van der Waals surface area (Å²) < 4.78 is 35.9. The lowest BCUT2D eigenvalue weighted by Gasteiger charge is -2.08. The summed E-state index contributed by atoms with van der Waals surface area (Å²) in [6, 6.07) is 4.58. The van der Waals surface area contributed by atoms with Crippen LogP contribution in [0.5, 0.6) is 0 Å². The highest BCUT2D eigenvalue weighted by molar-refractivity contribution is 8.00. The third kappa shape index (κ3) is 3.18. The van der Waals surface area contributed by atoms with Gasteiger partial charge in [-0.3, -0.25) is 0 Å². The number of thioether (sulfide) groups is 1. The smallest absolute Gasteiger partial charge is 0.398 e. The van der Waals surface area contributed by atoms with Gasteiger partial charge in [-0.25, -0.2) is 0 Å². The quantitative estimate of drug-likeness (QED) is 0.565. The van der Waals surface area contributed by atoms with E-state index < -0.39 is 5.51 Å². The van der Waals surface area contributed by atoms with Crippen LogP contribution < -0.4 is 5.73 Å². The topological polar surface area (TPSA) is 26.0 Å². The average Bonchev–Trinajstić information content (AvgIpc) is 1.94. The molecular weight excluding hydrogens is 199 g/mol. The lowest BCUT2D eigenvalue weighted by Crippen LogP contribution is -2.01. The van der Waals surface area contributed by atoms with Gasteiger partial charge in [0.15, 0.2) is 0 Å². The van der Waals surface area contributed by atoms with E-state index in [1.54, 1.807) is 13.0 Å². The second-order valence-electron chi connectivity index (χ2n) is 2.59. The van der Waals surface area contributed by atoms with Crippen molar-refractivity contribution in [3.05, 3.63) is 23.8 Å². The first kappa shape index (κ1) is 10.2. The third-order valence-corrected chi connectivity index (χ3v) is 2.20. The molecule has 0 aliphatic carbocycles. The van der Waals surface area contributed by atoms with Crippen molar-refractivity contribution in [2.24, 2.45) is 0 Å². The molecule has 0 heterocycles. The molecule has 1 aromatic carbocycles. The standard InChI is InChI=1S/C8H8F3NS/c1-5-2-3-6(12)7(4-5)13-8(9,10)11/h2-4H,12H2,1H3. The lowest BCUT2D eigenvalue weighted by molar-refractivity contribution is -0.0327. The first-order valence-corrected chi connectivity index (χ1v) is 4.32. The Morgan fingerprint density at radius 1 is 1.31 bits per heavy atom. The minimum atomic E-state index is -4.28. The molecule has 1 nitrogen and oxygen atoms in total. The number of hydrogen-bond donors (Lipinski definition) is 1. The van der Waals surface area contributed by atoms with Gasteiger partial charge in [-0.1, -0.05) is 6.07 Å². The molecule has 0 atom stereocenters. The van der Waals surface area contributed by atoms with Crippen LogP contribution in [0, 0.1) is 6.92 Å². The number of alkyl halides is 3. The maximum absolute atomic E-state index is 12.0. The highest BCUT2D eigenvalue weighted by Crippen LogP contribution is 2.39. The van der Waals surface area contributed by atoms with E-state index in [-0.39, 0.29) is 22.3 Å². The maximum atomic E-state index is 12.0. The fourth-order valence-corrected chi connectivity index (χ4v) is 1.53. The summed E-state index contributed by atoms with van der Waals surface area (Å²) in [7, 11) is 0. The molecule has 0 bridgehead atoms. The zero-order valence-electron chi connectivity index (χ0n) is 6.85. The summed E-state index contributed by atoms with van der Waals surface area (Å²) in [5, 5.41) is 0. The molecule has 0 aromatic heterocycles. The van der Waals surface area contributed by atoms with Crippen LogP contribution in [-0.4, -0.2) is 5.51 Å². The van der Waals surface area contributed by atoms with Gasteiger partial charge >= 0.3 is 5.51 Å². The van der Waals surface area contributed by atoms with Crippen molar-refractivity contribution in [1.82, 2.24) is 0 Å². The average molecular weight is 207 g/mol. The molecule has 2 N–H and O–H groups in total. The number of nitrogens with two attached hydrogens (primary N) is 1. The Bertz CT molecular complexity index is 309. The van der Waals surface area contributed by atoms with Crippen LogP contribution in [0.25, 0.3) is 0 Å². The summed E-state index contributed by atoms with van der Waals surface area (Å²) in [6.45, 7) is 1.72. The van der Waals surface area contributed by atoms with Crippen molar-refractivity contribution in [3.63, 3.8) is 0 Å². The Morgan fingerprint density at radius 2 is 1.92 bits per heavy atom. The number of anilines is 1. The Morgan fingerprint density at radius 3 is 2.46 bits per heavy atom. The van der Waals surface area contributed by atoms with Crippen molar-refractivity contribution in [1.29, 1.82) is 0 Å². The molecule has 1 rings (SSSR count). The van der Waals surface area contributed by atoms with E-state index in [9.17, 15) is 13.2 Å². The van der Waals surface area contributed by atoms with Gasteiger partial charge in [-0.05, 0) is 36.4 Å². The number of hydrogen-bond acceptors (Lipinski definition) is 2.